The van der Waals surface area contributed by atoms with Gasteiger partial charge in [0.2, 0.25) is 0 Å². The molecule has 3 aromatic heterocycles. The number of hydrogen-bond donors (Lipinski definition) is 0. The molecule has 17 rings (SSSR count). The van der Waals surface area contributed by atoms with Crippen LogP contribution in [0.4, 0.5) is 0 Å². The van der Waals surface area contributed by atoms with Crippen LogP contribution < -0.4 is 0 Å². The molecular weight excluding hydrogens is 1080 g/mol. The van der Waals surface area contributed by atoms with Gasteiger partial charge in [-0.3, -0.25) is 0 Å². The molecule has 0 atom stereocenters. The lowest BCUT2D eigenvalue weighted by atomic mass is 9.95. The quantitative estimate of drug-likeness (QED) is 0.134. The second kappa shape index (κ2) is 21.2. The highest BCUT2D eigenvalue weighted by Gasteiger charge is 2.30. The topological polar surface area (TPSA) is 38.6 Å². The first-order valence-corrected chi connectivity index (χ1v) is 30.4. The monoisotopic (exact) mass is 1130 g/mol. The average Bonchev–Trinajstić information content (AvgIpc) is 1.61. The van der Waals surface area contributed by atoms with Gasteiger partial charge in [0.15, 0.2) is 0 Å². The third kappa shape index (κ3) is 8.29. The van der Waals surface area contributed by atoms with E-state index in [0.717, 1.165) is 128 Å². The zero-order valence-corrected chi connectivity index (χ0v) is 48.5. The van der Waals surface area contributed by atoms with Crippen LogP contribution in [0.1, 0.15) is 5.56 Å². The molecule has 0 amide bonds. The maximum Gasteiger partial charge on any atom is 0.0991 e. The third-order valence-corrected chi connectivity index (χ3v) is 18.1. The van der Waals surface area contributed by atoms with Gasteiger partial charge in [0, 0.05) is 32.3 Å². The first kappa shape index (κ1) is 51.4. The van der Waals surface area contributed by atoms with Crippen LogP contribution in [0.3, 0.4) is 0 Å². The van der Waals surface area contributed by atoms with Gasteiger partial charge in [-0.25, -0.2) is 0 Å². The summed E-state index contributed by atoms with van der Waals surface area (Å²) in [5.74, 6) is 0. The van der Waals surface area contributed by atoms with E-state index in [1.807, 2.05) is 12.1 Å². The van der Waals surface area contributed by atoms with Gasteiger partial charge in [-0.05, 0) is 139 Å². The number of fused-ring (bicyclic) bond motifs is 9. The minimum Gasteiger partial charge on any atom is -0.307 e. The molecule has 0 saturated heterocycles. The molecular formula is C85H54N4. The van der Waals surface area contributed by atoms with Crippen LogP contribution in [0.25, 0.3) is 160 Å². The Balaban J connectivity index is 1.14. The first-order valence-electron chi connectivity index (χ1n) is 30.4. The SMILES string of the molecule is N#Cc1ccc(-c2cc(-n3c4cccc(-c5ccccc5)c4c4c(-c5ccccc5)cccc43)c(-n3c4cccc(-c5ccccc5)c4c4c(-c5ccccc5)cccc43)c(-n3c4cccc(-c5ccccc5)c4c4c(-c5ccccc5)cccc43)c2)cc1. The van der Waals surface area contributed by atoms with Crippen molar-refractivity contribution in [2.45, 2.75) is 0 Å². The zero-order valence-electron chi connectivity index (χ0n) is 48.5. The molecule has 89 heavy (non-hydrogen) atoms. The second-order valence-corrected chi connectivity index (χ2v) is 23.0. The molecule has 0 radical (unpaired) electrons. The Morgan fingerprint density at radius 1 is 0.202 bits per heavy atom. The molecule has 0 spiro atoms. The van der Waals surface area contributed by atoms with Crippen LogP contribution in [0, 0.1) is 11.3 Å². The molecule has 0 N–H and O–H groups in total. The van der Waals surface area contributed by atoms with E-state index >= 15 is 0 Å². The van der Waals surface area contributed by atoms with Crippen molar-refractivity contribution >= 4 is 65.4 Å². The molecule has 0 fully saturated rings. The number of nitrogens with zero attached hydrogens (tertiary/aromatic N) is 4. The Morgan fingerprint density at radius 2 is 0.438 bits per heavy atom. The van der Waals surface area contributed by atoms with E-state index in [0.29, 0.717) is 5.56 Å². The van der Waals surface area contributed by atoms with E-state index in [2.05, 4.69) is 335 Å². The molecule has 0 unspecified atom stereocenters. The summed E-state index contributed by atoms with van der Waals surface area (Å²) in [6.45, 7) is 0. The van der Waals surface area contributed by atoms with Crippen LogP contribution >= 0.6 is 0 Å². The second-order valence-electron chi connectivity index (χ2n) is 23.0. The van der Waals surface area contributed by atoms with Crippen molar-refractivity contribution in [1.29, 1.82) is 5.26 Å². The molecule has 0 saturated carbocycles. The number of hydrogen-bond acceptors (Lipinski definition) is 1. The molecule has 17 aromatic rings. The van der Waals surface area contributed by atoms with Gasteiger partial charge in [0.25, 0.3) is 0 Å². The first-order chi connectivity index (χ1) is 44.2. The minimum absolute atomic E-state index is 0.605. The highest BCUT2D eigenvalue weighted by Crippen LogP contribution is 2.51. The molecule has 0 aliphatic carbocycles. The molecule has 0 aliphatic rings. The summed E-state index contributed by atoms with van der Waals surface area (Å²) in [5, 5.41) is 17.3. The molecule has 3 heterocycles. The zero-order chi connectivity index (χ0) is 58.9. The van der Waals surface area contributed by atoms with E-state index in [1.54, 1.807) is 0 Å². The van der Waals surface area contributed by atoms with Crippen molar-refractivity contribution in [1.82, 2.24) is 13.7 Å². The van der Waals surface area contributed by atoms with Crippen molar-refractivity contribution < 1.29 is 0 Å². The third-order valence-electron chi connectivity index (χ3n) is 18.1. The Hall–Kier alpha value is -12.0. The van der Waals surface area contributed by atoms with Gasteiger partial charge >= 0.3 is 0 Å². The lowest BCUT2D eigenvalue weighted by Gasteiger charge is -2.24. The van der Waals surface area contributed by atoms with E-state index in [9.17, 15) is 5.26 Å². The summed E-state index contributed by atoms with van der Waals surface area (Å²) >= 11 is 0. The van der Waals surface area contributed by atoms with Gasteiger partial charge in [-0.1, -0.05) is 267 Å². The smallest absolute Gasteiger partial charge is 0.0991 e. The maximum absolute atomic E-state index is 10.3. The van der Waals surface area contributed by atoms with E-state index in [1.165, 1.54) is 32.3 Å². The van der Waals surface area contributed by atoms with E-state index < -0.39 is 0 Å². The van der Waals surface area contributed by atoms with Crippen molar-refractivity contribution in [2.75, 3.05) is 0 Å². The van der Waals surface area contributed by atoms with Gasteiger partial charge in [-0.2, -0.15) is 5.26 Å². The van der Waals surface area contributed by atoms with Crippen LogP contribution in [-0.2, 0) is 0 Å². The van der Waals surface area contributed by atoms with Crippen molar-refractivity contribution in [3.63, 3.8) is 0 Å². The fourth-order valence-corrected chi connectivity index (χ4v) is 14.3. The fourth-order valence-electron chi connectivity index (χ4n) is 14.3. The van der Waals surface area contributed by atoms with Crippen molar-refractivity contribution in [3.05, 3.63) is 333 Å². The van der Waals surface area contributed by atoms with Gasteiger partial charge in [0.1, 0.15) is 0 Å². The highest BCUT2D eigenvalue weighted by molar-refractivity contribution is 6.25. The molecule has 0 aliphatic heterocycles. The average molecular weight is 1130 g/mol. The Kier molecular flexibility index (Phi) is 12.2. The van der Waals surface area contributed by atoms with Gasteiger partial charge < -0.3 is 13.7 Å². The Morgan fingerprint density at radius 3 is 0.674 bits per heavy atom. The predicted octanol–water partition coefficient (Wildman–Crippen LogP) is 22.5. The lowest BCUT2D eigenvalue weighted by Crippen LogP contribution is -2.10. The largest absolute Gasteiger partial charge is 0.307 e. The maximum atomic E-state index is 10.3. The van der Waals surface area contributed by atoms with Gasteiger partial charge in [0.05, 0.1) is 61.8 Å². The molecule has 14 aromatic carbocycles. The summed E-state index contributed by atoms with van der Waals surface area (Å²) in [5.41, 5.74) is 25.8. The number of rotatable bonds is 10. The molecule has 0 bridgehead atoms. The summed E-state index contributed by atoms with van der Waals surface area (Å²) in [7, 11) is 0. The van der Waals surface area contributed by atoms with Gasteiger partial charge in [-0.15, -0.1) is 0 Å². The fraction of sp³-hybridized carbons (Fsp3) is 0. The summed E-state index contributed by atoms with van der Waals surface area (Å²) in [6.07, 6.45) is 0. The number of benzene rings is 14. The van der Waals surface area contributed by atoms with E-state index in [4.69, 9.17) is 0 Å². The lowest BCUT2D eigenvalue weighted by molar-refractivity contribution is 1.05. The Labute approximate surface area is 515 Å². The number of nitriles is 1. The summed E-state index contributed by atoms with van der Waals surface area (Å²) in [4.78, 5) is 0. The predicted molar refractivity (Wildman–Crippen MR) is 372 cm³/mol. The van der Waals surface area contributed by atoms with Crippen LogP contribution in [0.15, 0.2) is 328 Å². The minimum atomic E-state index is 0.605. The summed E-state index contributed by atoms with van der Waals surface area (Å²) in [6, 6.07) is 122. The Bertz CT molecular complexity index is 5110. The standard InChI is InChI=1S/C85H54N4/c86-55-56-49-51-57(52-50-56)64-53-77(87-71-43-19-37-65(58-25-7-1-8-26-58)79(71)80-66(38-20-44-72(80)87)59-27-9-2-10-28-59)85(89-75-47-23-41-69(62-33-15-5-16-34-62)83(75)84-70(42-24-48-76(84)89)63-35-17-6-18-36-63)78(54-64)88-73-45-21-39-67(60-29-11-3-12-30-60)81(73)82-68(40-22-46-74(82)88)61-31-13-4-14-32-61/h1-54H. The normalized spacial score (nSPS) is 11.6. The molecule has 414 valence electrons. The van der Waals surface area contributed by atoms with Crippen molar-refractivity contribution in [2.24, 2.45) is 0 Å². The molecule has 4 heteroatoms. The van der Waals surface area contributed by atoms with Crippen LogP contribution in [0.5, 0.6) is 0 Å². The van der Waals surface area contributed by atoms with Crippen LogP contribution in [-0.4, -0.2) is 13.7 Å². The summed E-state index contributed by atoms with van der Waals surface area (Å²) < 4.78 is 7.72. The highest BCUT2D eigenvalue weighted by atomic mass is 15.1. The van der Waals surface area contributed by atoms with Crippen molar-refractivity contribution in [3.8, 4) is 101 Å². The van der Waals surface area contributed by atoms with Crippen LogP contribution in [0.2, 0.25) is 0 Å². The number of aromatic nitrogens is 3. The van der Waals surface area contributed by atoms with E-state index in [-0.39, 0.29) is 0 Å². The molecule has 4 nitrogen and oxygen atoms in total.